The van der Waals surface area contributed by atoms with Crippen molar-refractivity contribution < 1.29 is 5.11 Å². The molecule has 0 aliphatic heterocycles. The third-order valence-corrected chi connectivity index (χ3v) is 4.06. The van der Waals surface area contributed by atoms with Crippen LogP contribution in [0.25, 0.3) is 10.9 Å². The molecule has 0 saturated heterocycles. The van der Waals surface area contributed by atoms with Gasteiger partial charge in [0.25, 0.3) is 0 Å². The van der Waals surface area contributed by atoms with Crippen molar-refractivity contribution in [2.75, 3.05) is 6.54 Å². The summed E-state index contributed by atoms with van der Waals surface area (Å²) in [5.74, 6) is 0. The number of aromatic nitrogens is 2. The Morgan fingerprint density at radius 1 is 1.37 bits per heavy atom. The van der Waals surface area contributed by atoms with Crippen LogP contribution < -0.4 is 5.32 Å². The van der Waals surface area contributed by atoms with Crippen molar-refractivity contribution in [3.05, 3.63) is 30.0 Å². The monoisotopic (exact) mass is 259 g/mol. The van der Waals surface area contributed by atoms with Gasteiger partial charge in [-0.1, -0.05) is 18.2 Å². The quantitative estimate of drug-likeness (QED) is 0.864. The van der Waals surface area contributed by atoms with Crippen LogP contribution in [0.4, 0.5) is 0 Å². The summed E-state index contributed by atoms with van der Waals surface area (Å²) < 4.78 is 2.03. The predicted molar refractivity (Wildman–Crippen MR) is 75.9 cm³/mol. The van der Waals surface area contributed by atoms with Gasteiger partial charge in [-0.2, -0.15) is 5.10 Å². The number of hydrogen-bond acceptors (Lipinski definition) is 3. The number of fused-ring (bicyclic) bond motifs is 1. The van der Waals surface area contributed by atoms with Gasteiger partial charge in [0.05, 0.1) is 16.8 Å². The van der Waals surface area contributed by atoms with Crippen molar-refractivity contribution in [3.63, 3.8) is 0 Å². The Hall–Kier alpha value is -1.39. The average Bonchev–Trinajstić information content (AvgIpc) is 2.75. The van der Waals surface area contributed by atoms with E-state index >= 15 is 0 Å². The van der Waals surface area contributed by atoms with Crippen LogP contribution in [0, 0.1) is 0 Å². The molecule has 4 nitrogen and oxygen atoms in total. The molecule has 1 aromatic carbocycles. The minimum atomic E-state index is -0.469. The molecule has 0 bridgehead atoms. The van der Waals surface area contributed by atoms with E-state index in [1.807, 2.05) is 16.8 Å². The van der Waals surface area contributed by atoms with E-state index in [1.165, 1.54) is 10.9 Å². The van der Waals surface area contributed by atoms with E-state index in [9.17, 15) is 5.11 Å². The van der Waals surface area contributed by atoms with Gasteiger partial charge in [-0.15, -0.1) is 0 Å². The fourth-order valence-corrected chi connectivity index (χ4v) is 2.74. The molecule has 1 aromatic heterocycles. The van der Waals surface area contributed by atoms with Crippen LogP contribution in [0.5, 0.6) is 0 Å². The van der Waals surface area contributed by atoms with Crippen molar-refractivity contribution in [2.24, 2.45) is 0 Å². The van der Waals surface area contributed by atoms with Gasteiger partial charge in [-0.3, -0.25) is 4.68 Å². The highest BCUT2D eigenvalue weighted by atomic mass is 16.3. The summed E-state index contributed by atoms with van der Waals surface area (Å²) >= 11 is 0. The molecule has 1 saturated carbocycles. The molecule has 4 heteroatoms. The van der Waals surface area contributed by atoms with Gasteiger partial charge >= 0.3 is 0 Å². The highest BCUT2D eigenvalue weighted by molar-refractivity contribution is 5.81. The normalized spacial score (nSPS) is 17.6. The lowest BCUT2D eigenvalue weighted by atomic mass is 9.80. The zero-order valence-electron chi connectivity index (χ0n) is 11.4. The molecule has 2 N–H and O–H groups in total. The molecule has 0 unspecified atom stereocenters. The number of benzene rings is 1. The summed E-state index contributed by atoms with van der Waals surface area (Å²) in [6.07, 6.45) is 2.99. The van der Waals surface area contributed by atoms with E-state index in [4.69, 9.17) is 0 Å². The Morgan fingerprint density at radius 3 is 2.84 bits per heavy atom. The zero-order chi connectivity index (χ0) is 13.3. The van der Waals surface area contributed by atoms with Crippen LogP contribution >= 0.6 is 0 Å². The number of rotatable bonds is 5. The maximum Gasteiger partial charge on any atom is 0.0841 e. The van der Waals surface area contributed by atoms with Crippen molar-refractivity contribution in [2.45, 2.75) is 44.9 Å². The minimum Gasteiger partial charge on any atom is -0.389 e. The van der Waals surface area contributed by atoms with E-state index in [-0.39, 0.29) is 0 Å². The standard InChI is InChI=1S/C15H21N3O/c1-2-18-14-7-4-3-6-12(14)13(17-18)10-16-11-15(19)8-5-9-15/h3-4,6-7,16,19H,2,5,8-11H2,1H3. The number of hydrogen-bond donors (Lipinski definition) is 2. The van der Waals surface area contributed by atoms with Crippen LogP contribution in [0.3, 0.4) is 0 Å². The van der Waals surface area contributed by atoms with Crippen molar-refractivity contribution in [1.29, 1.82) is 0 Å². The summed E-state index contributed by atoms with van der Waals surface area (Å²) in [4.78, 5) is 0. The number of nitrogens with one attached hydrogen (secondary N) is 1. The molecule has 1 fully saturated rings. The lowest BCUT2D eigenvalue weighted by Gasteiger charge is -2.36. The Balaban J connectivity index is 1.73. The maximum atomic E-state index is 10.1. The SMILES string of the molecule is CCn1nc(CNCC2(O)CCC2)c2ccccc21. The average molecular weight is 259 g/mol. The molecular weight excluding hydrogens is 238 g/mol. The number of aryl methyl sites for hydroxylation is 1. The fourth-order valence-electron chi connectivity index (χ4n) is 2.74. The Labute approximate surface area is 113 Å². The minimum absolute atomic E-state index is 0.469. The van der Waals surface area contributed by atoms with Gasteiger partial charge in [0.2, 0.25) is 0 Å². The van der Waals surface area contributed by atoms with E-state index in [0.717, 1.165) is 38.0 Å². The molecular formula is C15H21N3O. The van der Waals surface area contributed by atoms with Crippen molar-refractivity contribution >= 4 is 10.9 Å². The fraction of sp³-hybridized carbons (Fsp3) is 0.533. The zero-order valence-corrected chi connectivity index (χ0v) is 11.4. The molecule has 0 spiro atoms. The lowest BCUT2D eigenvalue weighted by molar-refractivity contribution is -0.0315. The van der Waals surface area contributed by atoms with E-state index in [0.29, 0.717) is 6.54 Å². The van der Waals surface area contributed by atoms with E-state index < -0.39 is 5.60 Å². The third-order valence-electron chi connectivity index (χ3n) is 4.06. The highest BCUT2D eigenvalue weighted by Crippen LogP contribution is 2.30. The van der Waals surface area contributed by atoms with E-state index in [2.05, 4.69) is 29.5 Å². The van der Waals surface area contributed by atoms with Gasteiger partial charge < -0.3 is 10.4 Å². The first kappa shape index (κ1) is 12.6. The van der Waals surface area contributed by atoms with E-state index in [1.54, 1.807) is 0 Å². The molecule has 0 radical (unpaired) electrons. The van der Waals surface area contributed by atoms with Crippen LogP contribution in [0.1, 0.15) is 31.9 Å². The Kier molecular flexibility index (Phi) is 3.29. The summed E-state index contributed by atoms with van der Waals surface area (Å²) in [5, 5.41) is 19.3. The largest absolute Gasteiger partial charge is 0.389 e. The number of para-hydroxylation sites is 1. The second-order valence-electron chi connectivity index (χ2n) is 5.46. The molecule has 2 aromatic rings. The van der Waals surface area contributed by atoms with Gasteiger partial charge in [0.15, 0.2) is 0 Å². The van der Waals surface area contributed by atoms with Gasteiger partial charge in [0, 0.05) is 25.0 Å². The van der Waals surface area contributed by atoms with Crippen LogP contribution in [0.15, 0.2) is 24.3 Å². The molecule has 1 aliphatic rings. The van der Waals surface area contributed by atoms with Crippen LogP contribution in [0.2, 0.25) is 0 Å². The topological polar surface area (TPSA) is 50.1 Å². The lowest BCUT2D eigenvalue weighted by Crippen LogP contribution is -2.46. The predicted octanol–water partition coefficient (Wildman–Crippen LogP) is 2.06. The first-order chi connectivity index (χ1) is 9.22. The van der Waals surface area contributed by atoms with Gasteiger partial charge in [0.1, 0.15) is 0 Å². The van der Waals surface area contributed by atoms with Crippen molar-refractivity contribution in [3.8, 4) is 0 Å². The maximum absolute atomic E-state index is 10.1. The second kappa shape index (κ2) is 4.94. The summed E-state index contributed by atoms with van der Waals surface area (Å²) in [7, 11) is 0. The number of nitrogens with zero attached hydrogens (tertiary/aromatic N) is 2. The molecule has 0 atom stereocenters. The third kappa shape index (κ3) is 2.38. The first-order valence-electron chi connectivity index (χ1n) is 7.09. The molecule has 1 heterocycles. The molecule has 1 aliphatic carbocycles. The van der Waals surface area contributed by atoms with Gasteiger partial charge in [-0.25, -0.2) is 0 Å². The second-order valence-corrected chi connectivity index (χ2v) is 5.46. The Morgan fingerprint density at radius 2 is 2.16 bits per heavy atom. The smallest absolute Gasteiger partial charge is 0.0841 e. The molecule has 102 valence electrons. The highest BCUT2D eigenvalue weighted by Gasteiger charge is 2.33. The summed E-state index contributed by atoms with van der Waals surface area (Å²) in [6, 6.07) is 8.32. The number of aliphatic hydroxyl groups is 1. The van der Waals surface area contributed by atoms with Gasteiger partial charge in [-0.05, 0) is 32.3 Å². The first-order valence-corrected chi connectivity index (χ1v) is 7.09. The van der Waals surface area contributed by atoms with Crippen LogP contribution in [-0.2, 0) is 13.1 Å². The van der Waals surface area contributed by atoms with Crippen molar-refractivity contribution in [1.82, 2.24) is 15.1 Å². The summed E-state index contributed by atoms with van der Waals surface area (Å²) in [5.41, 5.74) is 1.79. The molecule has 0 amide bonds. The summed E-state index contributed by atoms with van der Waals surface area (Å²) in [6.45, 7) is 4.37. The Bertz CT molecular complexity index is 572. The van der Waals surface area contributed by atoms with Crippen LogP contribution in [-0.4, -0.2) is 27.0 Å². The molecule has 19 heavy (non-hydrogen) atoms. The molecule has 3 rings (SSSR count).